The summed E-state index contributed by atoms with van der Waals surface area (Å²) >= 11 is 0. The van der Waals surface area contributed by atoms with E-state index in [1.165, 1.54) is 11.1 Å². The van der Waals surface area contributed by atoms with Gasteiger partial charge in [-0.25, -0.2) is 0 Å². The molecule has 1 amide bonds. The van der Waals surface area contributed by atoms with Crippen LogP contribution < -0.4 is 20.7 Å². The molecular weight excluding hydrogens is 491 g/mol. The molecule has 2 aromatic carbocycles. The maximum Gasteiger partial charge on any atom is 0.251 e. The number of nitrogens with one attached hydrogen (secondary N) is 3. The summed E-state index contributed by atoms with van der Waals surface area (Å²) in [6, 6.07) is 14.0. The van der Waals surface area contributed by atoms with Crippen molar-refractivity contribution in [1.29, 1.82) is 0 Å². The Kier molecular flexibility index (Phi) is 9.93. The number of benzene rings is 2. The molecule has 0 saturated carbocycles. The topological polar surface area (TPSA) is 74.8 Å². The molecule has 1 aliphatic heterocycles. The number of aliphatic imine (C=N–C) groups is 1. The fourth-order valence-corrected chi connectivity index (χ4v) is 3.28. The average Bonchev–Trinajstić information content (AvgIpc) is 3.19. The van der Waals surface area contributed by atoms with Crippen LogP contribution in [0.5, 0.6) is 5.75 Å². The van der Waals surface area contributed by atoms with Crippen molar-refractivity contribution in [2.45, 2.75) is 26.7 Å². The van der Waals surface area contributed by atoms with E-state index in [2.05, 4.69) is 39.1 Å². The van der Waals surface area contributed by atoms with E-state index < -0.39 is 0 Å². The Bertz CT molecular complexity index is 870. The predicted molar refractivity (Wildman–Crippen MR) is 132 cm³/mol. The third kappa shape index (κ3) is 7.19. The summed E-state index contributed by atoms with van der Waals surface area (Å²) in [5.74, 6) is 1.72. The van der Waals surface area contributed by atoms with Crippen LogP contribution in [-0.4, -0.2) is 44.7 Å². The monoisotopic (exact) mass is 522 g/mol. The molecule has 0 aliphatic carbocycles. The second-order valence-electron chi connectivity index (χ2n) is 7.10. The fraction of sp³-hybridized carbons (Fsp3) is 0.391. The fourth-order valence-electron chi connectivity index (χ4n) is 3.28. The predicted octanol–water partition coefficient (Wildman–Crippen LogP) is 3.08. The largest absolute Gasteiger partial charge is 0.493 e. The number of halogens is 1. The summed E-state index contributed by atoms with van der Waals surface area (Å²) in [7, 11) is 0. The minimum atomic E-state index is -0.0574. The number of nitrogens with zero attached hydrogens (tertiary/aromatic N) is 1. The van der Waals surface area contributed by atoms with E-state index in [1.807, 2.05) is 38.1 Å². The Labute approximate surface area is 195 Å². The van der Waals surface area contributed by atoms with E-state index in [0.29, 0.717) is 25.2 Å². The summed E-state index contributed by atoms with van der Waals surface area (Å²) < 4.78 is 5.56. The molecule has 0 aromatic heterocycles. The molecule has 3 N–H and O–H groups in total. The first-order chi connectivity index (χ1) is 14.2. The molecule has 0 bridgehead atoms. The Morgan fingerprint density at radius 2 is 1.93 bits per heavy atom. The molecule has 0 fully saturated rings. The molecule has 6 nitrogen and oxygen atoms in total. The van der Waals surface area contributed by atoms with Gasteiger partial charge in [-0.3, -0.25) is 9.79 Å². The zero-order valence-corrected chi connectivity index (χ0v) is 20.0. The first-order valence-electron chi connectivity index (χ1n) is 10.3. The molecular formula is C23H31IN4O2. The molecule has 0 saturated heterocycles. The molecule has 0 spiro atoms. The number of hydrogen-bond acceptors (Lipinski definition) is 3. The van der Waals surface area contributed by atoms with Crippen LogP contribution in [-0.2, 0) is 12.8 Å². The van der Waals surface area contributed by atoms with Gasteiger partial charge in [-0.1, -0.05) is 29.8 Å². The molecule has 2 aromatic rings. The van der Waals surface area contributed by atoms with Gasteiger partial charge in [0.25, 0.3) is 5.91 Å². The van der Waals surface area contributed by atoms with Crippen LogP contribution in [0.3, 0.4) is 0 Å². The lowest BCUT2D eigenvalue weighted by Gasteiger charge is -2.12. The SMILES string of the molecule is CCNC(=NCCc1ccc2c(c1)CCO2)NCCNC(=O)c1cccc(C)c1.I. The number of ether oxygens (including phenoxy) is 1. The van der Waals surface area contributed by atoms with Gasteiger partial charge >= 0.3 is 0 Å². The van der Waals surface area contributed by atoms with Gasteiger partial charge in [0, 0.05) is 38.2 Å². The minimum absolute atomic E-state index is 0. The molecule has 1 aliphatic rings. The molecule has 1 heterocycles. The summed E-state index contributed by atoms with van der Waals surface area (Å²) in [5, 5.41) is 9.45. The van der Waals surface area contributed by atoms with E-state index in [0.717, 1.165) is 43.3 Å². The third-order valence-corrected chi connectivity index (χ3v) is 4.75. The zero-order valence-electron chi connectivity index (χ0n) is 17.7. The van der Waals surface area contributed by atoms with Gasteiger partial charge in [0.15, 0.2) is 5.96 Å². The van der Waals surface area contributed by atoms with Gasteiger partial charge in [-0.2, -0.15) is 0 Å². The number of guanidine groups is 1. The van der Waals surface area contributed by atoms with Crippen LogP contribution in [0.1, 0.15) is 34.0 Å². The standard InChI is InChI=1S/C23H30N4O2.HI/c1-3-24-23(26-11-9-18-7-8-21-19(16-18)10-14-29-21)27-13-12-25-22(28)20-6-4-5-17(2)15-20;/h4-8,15-16H,3,9-14H2,1-2H3,(H,25,28)(H2,24,26,27);1H. The Hall–Kier alpha value is -2.29. The number of carbonyl (C=O) groups is 1. The van der Waals surface area contributed by atoms with Gasteiger partial charge in [0.1, 0.15) is 5.75 Å². The summed E-state index contributed by atoms with van der Waals surface area (Å²) in [6.07, 6.45) is 1.87. The third-order valence-electron chi connectivity index (χ3n) is 4.75. The van der Waals surface area contributed by atoms with E-state index in [-0.39, 0.29) is 29.9 Å². The minimum Gasteiger partial charge on any atom is -0.493 e. The zero-order chi connectivity index (χ0) is 20.5. The van der Waals surface area contributed by atoms with Gasteiger partial charge in [-0.15, -0.1) is 24.0 Å². The van der Waals surface area contributed by atoms with Gasteiger partial charge in [0.05, 0.1) is 6.61 Å². The van der Waals surface area contributed by atoms with Gasteiger partial charge < -0.3 is 20.7 Å². The van der Waals surface area contributed by atoms with Crippen molar-refractivity contribution in [3.63, 3.8) is 0 Å². The molecule has 0 unspecified atom stereocenters. The van der Waals surface area contributed by atoms with E-state index in [9.17, 15) is 4.79 Å². The van der Waals surface area contributed by atoms with E-state index >= 15 is 0 Å². The van der Waals surface area contributed by atoms with Crippen LogP contribution in [0.4, 0.5) is 0 Å². The molecule has 162 valence electrons. The second kappa shape index (κ2) is 12.4. The second-order valence-corrected chi connectivity index (χ2v) is 7.10. The molecule has 30 heavy (non-hydrogen) atoms. The quantitative estimate of drug-likeness (QED) is 0.216. The van der Waals surface area contributed by atoms with E-state index in [1.54, 1.807) is 0 Å². The van der Waals surface area contributed by atoms with E-state index in [4.69, 9.17) is 4.74 Å². The van der Waals surface area contributed by atoms with Crippen LogP contribution in [0.25, 0.3) is 0 Å². The summed E-state index contributed by atoms with van der Waals surface area (Å²) in [5.41, 5.74) is 4.33. The maximum atomic E-state index is 12.2. The lowest BCUT2D eigenvalue weighted by Crippen LogP contribution is -2.41. The maximum absolute atomic E-state index is 12.2. The lowest BCUT2D eigenvalue weighted by atomic mass is 10.1. The highest BCUT2D eigenvalue weighted by Gasteiger charge is 2.11. The van der Waals surface area contributed by atoms with Crippen molar-refractivity contribution in [3.8, 4) is 5.75 Å². The normalized spacial score (nSPS) is 12.4. The number of aryl methyl sites for hydroxylation is 1. The molecule has 7 heteroatoms. The first kappa shape index (κ1) is 24.0. The highest BCUT2D eigenvalue weighted by Crippen LogP contribution is 2.25. The summed E-state index contributed by atoms with van der Waals surface area (Å²) in [6.45, 7) is 7.43. The average molecular weight is 522 g/mol. The Morgan fingerprint density at radius 1 is 1.10 bits per heavy atom. The van der Waals surface area contributed by atoms with Crippen LogP contribution in [0.15, 0.2) is 47.5 Å². The first-order valence-corrected chi connectivity index (χ1v) is 10.3. The Morgan fingerprint density at radius 3 is 2.73 bits per heavy atom. The van der Waals surface area contributed by atoms with Gasteiger partial charge in [0.2, 0.25) is 0 Å². The van der Waals surface area contributed by atoms with Crippen molar-refractivity contribution in [2.24, 2.45) is 4.99 Å². The van der Waals surface area contributed by atoms with Crippen LogP contribution in [0.2, 0.25) is 0 Å². The van der Waals surface area contributed by atoms with Crippen molar-refractivity contribution < 1.29 is 9.53 Å². The lowest BCUT2D eigenvalue weighted by molar-refractivity contribution is 0.0954. The van der Waals surface area contributed by atoms with Crippen LogP contribution in [0, 0.1) is 6.92 Å². The molecule has 3 rings (SSSR count). The number of carbonyl (C=O) groups excluding carboxylic acids is 1. The number of fused-ring (bicyclic) bond motifs is 1. The van der Waals surface area contributed by atoms with Crippen molar-refractivity contribution in [3.05, 3.63) is 64.7 Å². The van der Waals surface area contributed by atoms with Crippen molar-refractivity contribution >= 4 is 35.8 Å². The van der Waals surface area contributed by atoms with Crippen molar-refractivity contribution in [1.82, 2.24) is 16.0 Å². The smallest absolute Gasteiger partial charge is 0.251 e. The highest BCUT2D eigenvalue weighted by molar-refractivity contribution is 14.0. The van der Waals surface area contributed by atoms with Gasteiger partial charge in [-0.05, 0) is 49.6 Å². The van der Waals surface area contributed by atoms with Crippen LogP contribution >= 0.6 is 24.0 Å². The molecule has 0 atom stereocenters. The molecule has 0 radical (unpaired) electrons. The number of rotatable bonds is 8. The summed E-state index contributed by atoms with van der Waals surface area (Å²) in [4.78, 5) is 16.8. The highest BCUT2D eigenvalue weighted by atomic mass is 127. The number of amides is 1. The Balaban J connectivity index is 0.00000320. The van der Waals surface area contributed by atoms with Crippen molar-refractivity contribution in [2.75, 3.05) is 32.8 Å². The number of hydrogen-bond donors (Lipinski definition) is 3.